The van der Waals surface area contributed by atoms with Crippen LogP contribution in [0.5, 0.6) is 0 Å². The lowest BCUT2D eigenvalue weighted by Gasteiger charge is -2.25. The van der Waals surface area contributed by atoms with Gasteiger partial charge in [0.25, 0.3) is 0 Å². The van der Waals surface area contributed by atoms with Crippen LogP contribution in [-0.4, -0.2) is 54.3 Å². The highest BCUT2D eigenvalue weighted by Gasteiger charge is 2.40. The number of nitrogens with zero attached hydrogens (tertiary/aromatic N) is 2. The first-order chi connectivity index (χ1) is 11.1. The molecule has 3 rings (SSSR count). The first kappa shape index (κ1) is 16.5. The fraction of sp³-hybridized carbons (Fsp3) is 0.438. The van der Waals surface area contributed by atoms with Gasteiger partial charge in [-0.2, -0.15) is 4.31 Å². The monoisotopic (exact) mass is 352 g/mol. The third-order valence-electron chi connectivity index (χ3n) is 4.10. The Kier molecular flexibility index (Phi) is 5.08. The number of thioether (sulfide) groups is 1. The van der Waals surface area contributed by atoms with Crippen LogP contribution in [0.3, 0.4) is 0 Å². The molecule has 1 aromatic rings. The van der Waals surface area contributed by atoms with Crippen molar-refractivity contribution in [3.05, 3.63) is 41.3 Å². The molecule has 0 aliphatic carbocycles. The number of hydrogen-bond acceptors (Lipinski definition) is 4. The maximum Gasteiger partial charge on any atom is 0.241 e. The number of likely N-dealkylation sites (tertiary alicyclic amines) is 1. The van der Waals surface area contributed by atoms with Crippen LogP contribution < -0.4 is 0 Å². The molecule has 1 unspecified atom stereocenters. The summed E-state index contributed by atoms with van der Waals surface area (Å²) >= 11 is 1.49. The number of carbonyl (C=O) groups is 1. The van der Waals surface area contributed by atoms with E-state index in [1.165, 1.54) is 21.5 Å². The van der Waals surface area contributed by atoms with Gasteiger partial charge in [0.15, 0.2) is 0 Å². The normalized spacial score (nSPS) is 23.0. The first-order valence-corrected chi connectivity index (χ1v) is 10.4. The molecule has 2 saturated heterocycles. The highest BCUT2D eigenvalue weighted by atomic mass is 32.2. The van der Waals surface area contributed by atoms with Gasteiger partial charge in [-0.15, -0.1) is 11.8 Å². The Balaban J connectivity index is 1.75. The fourth-order valence-corrected chi connectivity index (χ4v) is 5.75. The van der Waals surface area contributed by atoms with Gasteiger partial charge < -0.3 is 4.90 Å². The molecule has 1 amide bonds. The van der Waals surface area contributed by atoms with Crippen LogP contribution in [0.1, 0.15) is 18.4 Å². The van der Waals surface area contributed by atoms with E-state index in [1.54, 1.807) is 11.0 Å². The van der Waals surface area contributed by atoms with Crippen LogP contribution in [0.25, 0.3) is 6.08 Å². The van der Waals surface area contributed by atoms with Crippen molar-refractivity contribution < 1.29 is 13.2 Å². The van der Waals surface area contributed by atoms with Crippen LogP contribution in [0.15, 0.2) is 35.7 Å². The SMILES string of the molecule is O=C(C1CSCN1S(=O)(=O)/C=C/c1ccccc1)N1CCCC1. The summed E-state index contributed by atoms with van der Waals surface area (Å²) in [7, 11) is -3.60. The number of amides is 1. The Hall–Kier alpha value is -1.31. The largest absolute Gasteiger partial charge is 0.341 e. The predicted molar refractivity (Wildman–Crippen MR) is 93.2 cm³/mol. The van der Waals surface area contributed by atoms with Gasteiger partial charge in [-0.25, -0.2) is 8.42 Å². The van der Waals surface area contributed by atoms with Crippen molar-refractivity contribution in [3.63, 3.8) is 0 Å². The Morgan fingerprint density at radius 3 is 2.57 bits per heavy atom. The van der Waals surface area contributed by atoms with Crippen LogP contribution in [0, 0.1) is 0 Å². The summed E-state index contributed by atoms with van der Waals surface area (Å²) in [4.78, 5) is 14.4. The van der Waals surface area contributed by atoms with Crippen LogP contribution in [-0.2, 0) is 14.8 Å². The summed E-state index contributed by atoms with van der Waals surface area (Å²) in [6, 6.07) is 8.72. The summed E-state index contributed by atoms with van der Waals surface area (Å²) in [6.07, 6.45) is 3.59. The summed E-state index contributed by atoms with van der Waals surface area (Å²) < 4.78 is 26.5. The zero-order valence-corrected chi connectivity index (χ0v) is 14.4. The van der Waals surface area contributed by atoms with Crippen molar-refractivity contribution >= 4 is 33.8 Å². The topological polar surface area (TPSA) is 57.7 Å². The first-order valence-electron chi connectivity index (χ1n) is 7.69. The lowest BCUT2D eigenvalue weighted by atomic mass is 10.2. The zero-order chi connectivity index (χ0) is 16.3. The molecular formula is C16H20N2O3S2. The summed E-state index contributed by atoms with van der Waals surface area (Å²) in [5.74, 6) is 0.823. The van der Waals surface area contributed by atoms with Crippen molar-refractivity contribution in [2.24, 2.45) is 0 Å². The molecule has 0 spiro atoms. The molecule has 23 heavy (non-hydrogen) atoms. The number of hydrogen-bond donors (Lipinski definition) is 0. The lowest BCUT2D eigenvalue weighted by Crippen LogP contribution is -2.47. The second-order valence-electron chi connectivity index (χ2n) is 5.69. The molecule has 7 heteroatoms. The number of benzene rings is 1. The molecule has 2 aliphatic heterocycles. The standard InChI is InChI=1S/C16H20N2O3S2/c19-16(17-9-4-5-10-17)15-12-22-13-18(15)23(20,21)11-8-14-6-2-1-3-7-14/h1-3,6-8,11,15H,4-5,9-10,12-13H2/b11-8+. The van der Waals surface area contributed by atoms with E-state index in [0.717, 1.165) is 31.5 Å². The van der Waals surface area contributed by atoms with Crippen LogP contribution in [0.2, 0.25) is 0 Å². The zero-order valence-electron chi connectivity index (χ0n) is 12.8. The maximum atomic E-state index is 12.6. The average Bonchev–Trinajstić information content (AvgIpc) is 3.25. The fourth-order valence-electron chi connectivity index (χ4n) is 2.83. The quantitative estimate of drug-likeness (QED) is 0.831. The minimum atomic E-state index is -3.60. The minimum Gasteiger partial charge on any atom is -0.341 e. The lowest BCUT2D eigenvalue weighted by molar-refractivity contribution is -0.133. The van der Waals surface area contributed by atoms with Gasteiger partial charge in [-0.3, -0.25) is 4.79 Å². The Morgan fingerprint density at radius 1 is 1.17 bits per heavy atom. The van der Waals surface area contributed by atoms with Crippen molar-refractivity contribution in [2.45, 2.75) is 18.9 Å². The number of rotatable bonds is 4. The van der Waals surface area contributed by atoms with Crippen molar-refractivity contribution in [3.8, 4) is 0 Å². The van der Waals surface area contributed by atoms with E-state index in [9.17, 15) is 13.2 Å². The van der Waals surface area contributed by atoms with Crippen molar-refractivity contribution in [1.29, 1.82) is 0 Å². The summed E-state index contributed by atoms with van der Waals surface area (Å²) in [5.41, 5.74) is 0.824. The van der Waals surface area contributed by atoms with Gasteiger partial charge in [0.1, 0.15) is 6.04 Å². The van der Waals surface area contributed by atoms with E-state index < -0.39 is 16.1 Å². The molecular weight excluding hydrogens is 332 g/mol. The van der Waals surface area contributed by atoms with Gasteiger partial charge in [0, 0.05) is 24.3 Å². The minimum absolute atomic E-state index is 0.0517. The Morgan fingerprint density at radius 2 is 1.87 bits per heavy atom. The van der Waals surface area contributed by atoms with Gasteiger partial charge in [0.05, 0.1) is 5.88 Å². The van der Waals surface area contributed by atoms with Crippen LogP contribution in [0.4, 0.5) is 0 Å². The van der Waals surface area contributed by atoms with Gasteiger partial charge >= 0.3 is 0 Å². The number of sulfonamides is 1. The molecule has 0 radical (unpaired) electrons. The summed E-state index contributed by atoms with van der Waals surface area (Å²) in [6.45, 7) is 1.49. The summed E-state index contributed by atoms with van der Waals surface area (Å²) in [5, 5.41) is 1.21. The van der Waals surface area contributed by atoms with Crippen molar-refractivity contribution in [2.75, 3.05) is 24.7 Å². The second kappa shape index (κ2) is 7.07. The molecule has 0 bridgehead atoms. The average molecular weight is 352 g/mol. The van der Waals surface area contributed by atoms with Crippen molar-refractivity contribution in [1.82, 2.24) is 9.21 Å². The molecule has 0 saturated carbocycles. The second-order valence-corrected chi connectivity index (χ2v) is 8.46. The van der Waals surface area contributed by atoms with E-state index in [4.69, 9.17) is 0 Å². The van der Waals surface area contributed by atoms with E-state index in [0.29, 0.717) is 11.6 Å². The molecule has 0 aromatic heterocycles. The van der Waals surface area contributed by atoms with Crippen LogP contribution >= 0.6 is 11.8 Å². The van der Waals surface area contributed by atoms with E-state index >= 15 is 0 Å². The molecule has 2 aliphatic rings. The molecule has 1 atom stereocenters. The predicted octanol–water partition coefficient (Wildman–Crippen LogP) is 1.98. The van der Waals surface area contributed by atoms with Gasteiger partial charge in [0.2, 0.25) is 15.9 Å². The third kappa shape index (κ3) is 3.79. The Bertz CT molecular complexity index is 683. The molecule has 0 N–H and O–H groups in total. The van der Waals surface area contributed by atoms with E-state index in [1.807, 2.05) is 30.3 Å². The van der Waals surface area contributed by atoms with E-state index in [-0.39, 0.29) is 5.91 Å². The highest BCUT2D eigenvalue weighted by Crippen LogP contribution is 2.27. The molecule has 124 valence electrons. The van der Waals surface area contributed by atoms with Gasteiger partial charge in [-0.05, 0) is 24.5 Å². The number of carbonyl (C=O) groups excluding carboxylic acids is 1. The molecule has 2 heterocycles. The smallest absolute Gasteiger partial charge is 0.241 e. The van der Waals surface area contributed by atoms with E-state index in [2.05, 4.69) is 0 Å². The molecule has 2 fully saturated rings. The van der Waals surface area contributed by atoms with Gasteiger partial charge in [-0.1, -0.05) is 30.3 Å². The molecule has 5 nitrogen and oxygen atoms in total. The Labute approximate surface area is 141 Å². The third-order valence-corrected chi connectivity index (χ3v) is 6.80. The molecule has 1 aromatic carbocycles. The maximum absolute atomic E-state index is 12.6. The highest BCUT2D eigenvalue weighted by molar-refractivity contribution is 8.01.